The van der Waals surface area contributed by atoms with Crippen molar-refractivity contribution in [2.75, 3.05) is 13.1 Å². The first-order valence-electron chi connectivity index (χ1n) is 5.51. The molecule has 3 heteroatoms. The average Bonchev–Trinajstić information content (AvgIpc) is 2.64. The van der Waals surface area contributed by atoms with Crippen molar-refractivity contribution in [3.8, 4) is 0 Å². The molecule has 0 aromatic carbocycles. The van der Waals surface area contributed by atoms with Crippen LogP contribution in [0, 0.1) is 12.8 Å². The monoisotopic (exact) mass is 207 g/mol. The summed E-state index contributed by atoms with van der Waals surface area (Å²) in [4.78, 5) is 13.0. The van der Waals surface area contributed by atoms with Gasteiger partial charge < -0.3 is 9.21 Å². The molecule has 1 atom stereocenters. The van der Waals surface area contributed by atoms with Crippen LogP contribution in [0.2, 0.25) is 0 Å². The molecule has 2 rings (SSSR count). The van der Waals surface area contributed by atoms with Crippen molar-refractivity contribution in [1.82, 2.24) is 4.90 Å². The van der Waals surface area contributed by atoms with Gasteiger partial charge in [0.1, 0.15) is 17.8 Å². The summed E-state index contributed by atoms with van der Waals surface area (Å²) in [6.07, 6.45) is 3.24. The lowest BCUT2D eigenvalue weighted by atomic mass is 10.00. The maximum absolute atomic E-state index is 10.7. The maximum Gasteiger partial charge on any atom is 0.124 e. The SMILES string of the molecule is Cc1ccc(CN2CCCC(C=O)C2)o1. The molecule has 1 aromatic rings. The highest BCUT2D eigenvalue weighted by Gasteiger charge is 2.19. The minimum Gasteiger partial charge on any atom is -0.465 e. The van der Waals surface area contributed by atoms with Gasteiger partial charge in [0.2, 0.25) is 0 Å². The molecule has 0 amide bonds. The summed E-state index contributed by atoms with van der Waals surface area (Å²) >= 11 is 0. The minimum absolute atomic E-state index is 0.217. The molecule has 1 fully saturated rings. The van der Waals surface area contributed by atoms with E-state index in [9.17, 15) is 4.79 Å². The third kappa shape index (κ3) is 2.69. The summed E-state index contributed by atoms with van der Waals surface area (Å²) in [5, 5.41) is 0. The molecule has 0 N–H and O–H groups in total. The van der Waals surface area contributed by atoms with Crippen molar-refractivity contribution in [1.29, 1.82) is 0 Å². The van der Waals surface area contributed by atoms with Crippen LogP contribution in [0.1, 0.15) is 24.4 Å². The van der Waals surface area contributed by atoms with Gasteiger partial charge in [-0.05, 0) is 38.4 Å². The van der Waals surface area contributed by atoms with Crippen LogP contribution < -0.4 is 0 Å². The second kappa shape index (κ2) is 4.62. The van der Waals surface area contributed by atoms with Gasteiger partial charge in [-0.3, -0.25) is 4.90 Å². The van der Waals surface area contributed by atoms with E-state index in [0.29, 0.717) is 0 Å². The van der Waals surface area contributed by atoms with E-state index in [1.165, 1.54) is 0 Å². The number of hydrogen-bond donors (Lipinski definition) is 0. The van der Waals surface area contributed by atoms with Gasteiger partial charge >= 0.3 is 0 Å². The van der Waals surface area contributed by atoms with Crippen molar-refractivity contribution >= 4 is 6.29 Å². The van der Waals surface area contributed by atoms with Crippen LogP contribution in [0.5, 0.6) is 0 Å². The summed E-state index contributed by atoms with van der Waals surface area (Å²) in [6, 6.07) is 4.00. The molecule has 1 aromatic heterocycles. The molecule has 0 aliphatic carbocycles. The fraction of sp³-hybridized carbons (Fsp3) is 0.583. The van der Waals surface area contributed by atoms with E-state index in [4.69, 9.17) is 4.42 Å². The predicted molar refractivity (Wildman–Crippen MR) is 57.5 cm³/mol. The zero-order chi connectivity index (χ0) is 10.7. The highest BCUT2D eigenvalue weighted by Crippen LogP contribution is 2.17. The highest BCUT2D eigenvalue weighted by molar-refractivity contribution is 5.53. The third-order valence-electron chi connectivity index (χ3n) is 2.91. The topological polar surface area (TPSA) is 33.5 Å². The Balaban J connectivity index is 1.91. The summed E-state index contributed by atoms with van der Waals surface area (Å²) < 4.78 is 5.53. The number of carbonyl (C=O) groups is 1. The first-order valence-corrected chi connectivity index (χ1v) is 5.51. The number of likely N-dealkylation sites (tertiary alicyclic amines) is 1. The Bertz CT molecular complexity index is 332. The quantitative estimate of drug-likeness (QED) is 0.711. The van der Waals surface area contributed by atoms with Crippen LogP contribution >= 0.6 is 0 Å². The number of aldehydes is 1. The standard InChI is InChI=1S/C12H17NO2/c1-10-4-5-12(15-10)8-13-6-2-3-11(7-13)9-14/h4-5,9,11H,2-3,6-8H2,1H3. The third-order valence-corrected chi connectivity index (χ3v) is 2.91. The number of hydrogen-bond acceptors (Lipinski definition) is 3. The number of furan rings is 1. The molecular weight excluding hydrogens is 190 g/mol. The molecular formula is C12H17NO2. The first kappa shape index (κ1) is 10.4. The van der Waals surface area contributed by atoms with Crippen LogP contribution in [0.15, 0.2) is 16.5 Å². The van der Waals surface area contributed by atoms with Crippen LogP contribution in [-0.4, -0.2) is 24.3 Å². The predicted octanol–water partition coefficient (Wildman–Crippen LogP) is 2.00. The van der Waals surface area contributed by atoms with Gasteiger partial charge in [-0.15, -0.1) is 0 Å². The molecule has 1 saturated heterocycles. The van der Waals surface area contributed by atoms with Crippen molar-refractivity contribution in [2.45, 2.75) is 26.3 Å². The zero-order valence-electron chi connectivity index (χ0n) is 9.11. The van der Waals surface area contributed by atoms with Crippen LogP contribution in [0.3, 0.4) is 0 Å². The lowest BCUT2D eigenvalue weighted by molar-refractivity contribution is -0.112. The zero-order valence-corrected chi connectivity index (χ0v) is 9.11. The Labute approximate surface area is 90.1 Å². The van der Waals surface area contributed by atoms with Crippen molar-refractivity contribution < 1.29 is 9.21 Å². The Morgan fingerprint density at radius 2 is 2.47 bits per heavy atom. The van der Waals surface area contributed by atoms with E-state index >= 15 is 0 Å². The van der Waals surface area contributed by atoms with Crippen molar-refractivity contribution in [3.05, 3.63) is 23.7 Å². The number of rotatable bonds is 3. The molecule has 15 heavy (non-hydrogen) atoms. The largest absolute Gasteiger partial charge is 0.465 e. The highest BCUT2D eigenvalue weighted by atomic mass is 16.3. The second-order valence-corrected chi connectivity index (χ2v) is 4.29. The van der Waals surface area contributed by atoms with E-state index < -0.39 is 0 Å². The van der Waals surface area contributed by atoms with Gasteiger partial charge in [0.15, 0.2) is 0 Å². The summed E-state index contributed by atoms with van der Waals surface area (Å²) in [7, 11) is 0. The minimum atomic E-state index is 0.217. The fourth-order valence-electron chi connectivity index (χ4n) is 2.14. The van der Waals surface area contributed by atoms with Gasteiger partial charge in [0, 0.05) is 12.5 Å². The Morgan fingerprint density at radius 1 is 1.60 bits per heavy atom. The number of piperidine rings is 1. The van der Waals surface area contributed by atoms with E-state index in [0.717, 1.165) is 50.3 Å². The number of aryl methyl sites for hydroxylation is 1. The van der Waals surface area contributed by atoms with E-state index in [1.54, 1.807) is 0 Å². The lowest BCUT2D eigenvalue weighted by Crippen LogP contribution is -2.35. The van der Waals surface area contributed by atoms with E-state index in [-0.39, 0.29) is 5.92 Å². The molecule has 0 saturated carbocycles. The van der Waals surface area contributed by atoms with Crippen molar-refractivity contribution in [2.24, 2.45) is 5.92 Å². The summed E-state index contributed by atoms with van der Waals surface area (Å²) in [5.74, 6) is 2.17. The van der Waals surface area contributed by atoms with E-state index in [1.807, 2.05) is 19.1 Å². The van der Waals surface area contributed by atoms with E-state index in [2.05, 4.69) is 4.90 Å². The molecule has 1 aliphatic heterocycles. The maximum atomic E-state index is 10.7. The normalized spacial score (nSPS) is 22.9. The van der Waals surface area contributed by atoms with Crippen LogP contribution in [0.4, 0.5) is 0 Å². The second-order valence-electron chi connectivity index (χ2n) is 4.29. The molecule has 2 heterocycles. The molecule has 0 radical (unpaired) electrons. The Morgan fingerprint density at radius 3 is 3.13 bits per heavy atom. The van der Waals surface area contributed by atoms with Crippen LogP contribution in [0.25, 0.3) is 0 Å². The molecule has 3 nitrogen and oxygen atoms in total. The average molecular weight is 207 g/mol. The van der Waals surface area contributed by atoms with Gasteiger partial charge in [-0.25, -0.2) is 0 Å². The van der Waals surface area contributed by atoms with Gasteiger partial charge in [0.25, 0.3) is 0 Å². The lowest BCUT2D eigenvalue weighted by Gasteiger charge is -2.29. The fourth-order valence-corrected chi connectivity index (χ4v) is 2.14. The van der Waals surface area contributed by atoms with Crippen molar-refractivity contribution in [3.63, 3.8) is 0 Å². The Hall–Kier alpha value is -1.09. The number of carbonyl (C=O) groups excluding carboxylic acids is 1. The Kier molecular flexibility index (Phi) is 3.21. The van der Waals surface area contributed by atoms with Gasteiger partial charge in [-0.2, -0.15) is 0 Å². The van der Waals surface area contributed by atoms with Gasteiger partial charge in [0.05, 0.1) is 6.54 Å². The molecule has 82 valence electrons. The molecule has 1 aliphatic rings. The number of nitrogens with zero attached hydrogens (tertiary/aromatic N) is 1. The summed E-state index contributed by atoms with van der Waals surface area (Å²) in [5.41, 5.74) is 0. The van der Waals surface area contributed by atoms with Gasteiger partial charge in [-0.1, -0.05) is 0 Å². The molecule has 0 bridgehead atoms. The van der Waals surface area contributed by atoms with Crippen LogP contribution in [-0.2, 0) is 11.3 Å². The summed E-state index contributed by atoms with van der Waals surface area (Å²) in [6.45, 7) is 4.74. The molecule has 1 unspecified atom stereocenters. The first-order chi connectivity index (χ1) is 7.28. The molecule has 0 spiro atoms. The smallest absolute Gasteiger partial charge is 0.124 e.